The highest BCUT2D eigenvalue weighted by molar-refractivity contribution is 6.74. The van der Waals surface area contributed by atoms with Gasteiger partial charge in [-0.25, -0.2) is 24.3 Å². The molecule has 0 N–H and O–H groups in total. The fourth-order valence-corrected chi connectivity index (χ4v) is 4.01. The Labute approximate surface area is 200 Å². The normalized spacial score (nSPS) is 14.1. The van der Waals surface area contributed by atoms with Crippen LogP contribution in [0.3, 0.4) is 0 Å². The number of hydrogen-bond acceptors (Lipinski definition) is 8. The smallest absolute Gasteiger partial charge is 0.225 e. The topological polar surface area (TPSA) is 85.6 Å². The summed E-state index contributed by atoms with van der Waals surface area (Å²) in [7, 11) is -1.98. The number of halogens is 1. The van der Waals surface area contributed by atoms with Crippen LogP contribution >= 0.6 is 0 Å². The van der Waals surface area contributed by atoms with Crippen molar-refractivity contribution in [1.82, 2.24) is 19.9 Å². The molecule has 0 aliphatic carbocycles. The molecule has 0 unspecified atom stereocenters. The van der Waals surface area contributed by atoms with Gasteiger partial charge in [-0.2, -0.15) is 0 Å². The van der Waals surface area contributed by atoms with Crippen LogP contribution in [-0.2, 0) is 11.0 Å². The number of benzene rings is 1. The Balaban J connectivity index is 1.39. The summed E-state index contributed by atoms with van der Waals surface area (Å²) in [5, 5.41) is 4.16. The van der Waals surface area contributed by atoms with Gasteiger partial charge in [-0.15, -0.1) is 0 Å². The van der Waals surface area contributed by atoms with E-state index in [1.807, 2.05) is 11.0 Å². The highest BCUT2D eigenvalue weighted by atomic mass is 28.4. The van der Waals surface area contributed by atoms with E-state index in [1.54, 1.807) is 36.9 Å². The Hall–Kier alpha value is -3.24. The lowest BCUT2D eigenvalue weighted by atomic mass is 10.1. The second-order valence-electron chi connectivity index (χ2n) is 9.78. The van der Waals surface area contributed by atoms with Gasteiger partial charge in [-0.3, -0.25) is 0 Å². The molecule has 2 aromatic heterocycles. The van der Waals surface area contributed by atoms with E-state index in [0.717, 1.165) is 5.71 Å². The Morgan fingerprint density at radius 1 is 1.06 bits per heavy atom. The van der Waals surface area contributed by atoms with Crippen molar-refractivity contribution >= 4 is 20.0 Å². The van der Waals surface area contributed by atoms with E-state index >= 15 is 4.39 Å². The maximum Gasteiger partial charge on any atom is 0.225 e. The van der Waals surface area contributed by atoms with Crippen molar-refractivity contribution in [2.45, 2.75) is 45.5 Å². The molecule has 34 heavy (non-hydrogen) atoms. The van der Waals surface area contributed by atoms with E-state index in [-0.39, 0.29) is 17.5 Å². The van der Waals surface area contributed by atoms with Crippen LogP contribution in [0.15, 0.2) is 54.5 Å². The second-order valence-corrected chi connectivity index (χ2v) is 14.6. The van der Waals surface area contributed by atoms with Crippen LogP contribution < -0.4 is 9.74 Å². The summed E-state index contributed by atoms with van der Waals surface area (Å²) in [6.07, 6.45) is 7.81. The van der Waals surface area contributed by atoms with Crippen molar-refractivity contribution in [3.8, 4) is 16.9 Å². The molecule has 3 aromatic rings. The minimum atomic E-state index is -1.98. The van der Waals surface area contributed by atoms with Gasteiger partial charge in [-0.1, -0.05) is 44.1 Å². The molecule has 1 fully saturated rings. The quantitative estimate of drug-likeness (QED) is 0.353. The third kappa shape index (κ3) is 5.28. The Morgan fingerprint density at radius 3 is 2.38 bits per heavy atom. The molecule has 10 heteroatoms. The predicted molar refractivity (Wildman–Crippen MR) is 132 cm³/mol. The van der Waals surface area contributed by atoms with Gasteiger partial charge < -0.3 is 14.2 Å². The Bertz CT molecular complexity index is 1160. The maximum atomic E-state index is 15.3. The van der Waals surface area contributed by atoms with Crippen LogP contribution in [0.2, 0.25) is 18.1 Å². The molecule has 0 bridgehead atoms. The van der Waals surface area contributed by atoms with Crippen LogP contribution in [0.1, 0.15) is 26.3 Å². The van der Waals surface area contributed by atoms with Gasteiger partial charge >= 0.3 is 0 Å². The lowest BCUT2D eigenvalue weighted by molar-refractivity contribution is 0.271. The molecular formula is C24H29FN6O2Si. The molecule has 1 aromatic carbocycles. The fourth-order valence-electron chi connectivity index (χ4n) is 3.06. The largest absolute Gasteiger partial charge is 0.412 e. The molecule has 3 heterocycles. The summed E-state index contributed by atoms with van der Waals surface area (Å²) in [6, 6.07) is 5.35. The zero-order valence-electron chi connectivity index (χ0n) is 20.1. The monoisotopic (exact) mass is 480 g/mol. The average Bonchev–Trinajstić information content (AvgIpc) is 2.78. The predicted octanol–water partition coefficient (Wildman–Crippen LogP) is 4.85. The van der Waals surface area contributed by atoms with Crippen LogP contribution in [-0.4, -0.2) is 47.1 Å². The van der Waals surface area contributed by atoms with Gasteiger partial charge in [0.15, 0.2) is 14.1 Å². The first-order valence-electron chi connectivity index (χ1n) is 11.1. The summed E-state index contributed by atoms with van der Waals surface area (Å²) in [5.41, 5.74) is 2.49. The minimum absolute atomic E-state index is 0.0638. The van der Waals surface area contributed by atoms with Crippen molar-refractivity contribution in [1.29, 1.82) is 0 Å². The number of anilines is 1. The summed E-state index contributed by atoms with van der Waals surface area (Å²) in [4.78, 5) is 23.9. The van der Waals surface area contributed by atoms with E-state index in [0.29, 0.717) is 41.5 Å². The number of aromatic nitrogens is 4. The van der Waals surface area contributed by atoms with Gasteiger partial charge in [0.25, 0.3) is 0 Å². The number of nitrogens with zero attached hydrogens (tertiary/aromatic N) is 6. The lowest BCUT2D eigenvalue weighted by Gasteiger charge is -2.36. The lowest BCUT2D eigenvalue weighted by Crippen LogP contribution is -2.48. The first kappa shape index (κ1) is 23.9. The Kier molecular flexibility index (Phi) is 6.71. The molecular weight excluding hydrogens is 451 g/mol. The Morgan fingerprint density at radius 2 is 1.74 bits per heavy atom. The standard InChI is InChI=1S/C24H29FN6O2Si/c1-24(2,3)34(4,5)32-15-17-7-6-8-21(22(17)25)18-9-28-23(29-10-18)31-13-19(14-31)30-33-20-11-26-16-27-12-20/h6-12,16H,13-15H2,1-5H3. The minimum Gasteiger partial charge on any atom is -0.412 e. The second kappa shape index (κ2) is 9.55. The van der Waals surface area contributed by atoms with Gasteiger partial charge in [0.05, 0.1) is 37.8 Å². The summed E-state index contributed by atoms with van der Waals surface area (Å²) < 4.78 is 21.5. The molecule has 1 aliphatic rings. The van der Waals surface area contributed by atoms with E-state index in [2.05, 4.69) is 59.0 Å². The highest BCUT2D eigenvalue weighted by Crippen LogP contribution is 2.37. The SMILES string of the molecule is CC(C)(C)[Si](C)(C)OCc1cccc(-c2cnc(N3CC(=NOc4cncnc4)C3)nc2)c1F. The molecule has 0 spiro atoms. The molecule has 1 aliphatic heterocycles. The van der Waals surface area contributed by atoms with Crippen molar-refractivity contribution in [2.75, 3.05) is 18.0 Å². The van der Waals surface area contributed by atoms with E-state index in [4.69, 9.17) is 9.26 Å². The molecule has 1 saturated heterocycles. The number of oxime groups is 1. The third-order valence-electron chi connectivity index (χ3n) is 6.27. The van der Waals surface area contributed by atoms with Crippen molar-refractivity contribution in [3.05, 3.63) is 60.7 Å². The van der Waals surface area contributed by atoms with Crippen LogP contribution in [0, 0.1) is 5.82 Å². The van der Waals surface area contributed by atoms with Crippen molar-refractivity contribution in [3.63, 3.8) is 0 Å². The molecule has 178 valence electrons. The summed E-state index contributed by atoms with van der Waals surface area (Å²) >= 11 is 0. The summed E-state index contributed by atoms with van der Waals surface area (Å²) in [5.74, 6) is 0.745. The number of hydrogen-bond donors (Lipinski definition) is 0. The van der Waals surface area contributed by atoms with Crippen molar-refractivity contribution in [2.24, 2.45) is 5.16 Å². The number of rotatable bonds is 7. The first-order valence-corrected chi connectivity index (χ1v) is 14.0. The van der Waals surface area contributed by atoms with Gasteiger partial charge in [0.2, 0.25) is 5.95 Å². The van der Waals surface area contributed by atoms with Gasteiger partial charge in [0.1, 0.15) is 12.1 Å². The molecule has 8 nitrogen and oxygen atoms in total. The summed E-state index contributed by atoms with van der Waals surface area (Å²) in [6.45, 7) is 12.2. The van der Waals surface area contributed by atoms with Crippen molar-refractivity contribution < 1.29 is 13.7 Å². The fraction of sp³-hybridized carbons (Fsp3) is 0.375. The van der Waals surface area contributed by atoms with E-state index in [1.165, 1.54) is 6.33 Å². The zero-order chi connectivity index (χ0) is 24.3. The van der Waals surface area contributed by atoms with Gasteiger partial charge in [0, 0.05) is 29.1 Å². The van der Waals surface area contributed by atoms with E-state index < -0.39 is 8.32 Å². The first-order chi connectivity index (χ1) is 16.1. The molecule has 0 saturated carbocycles. The molecule has 4 rings (SSSR count). The molecule has 0 atom stereocenters. The third-order valence-corrected chi connectivity index (χ3v) is 10.7. The van der Waals surface area contributed by atoms with Crippen LogP contribution in [0.4, 0.5) is 10.3 Å². The highest BCUT2D eigenvalue weighted by Gasteiger charge is 2.37. The maximum absolute atomic E-state index is 15.3. The zero-order valence-corrected chi connectivity index (χ0v) is 21.1. The molecule has 0 radical (unpaired) electrons. The van der Waals surface area contributed by atoms with Crippen LogP contribution in [0.5, 0.6) is 5.75 Å². The molecule has 0 amide bonds. The average molecular weight is 481 g/mol. The van der Waals surface area contributed by atoms with E-state index in [9.17, 15) is 0 Å². The van der Waals surface area contributed by atoms with Gasteiger partial charge in [-0.05, 0) is 18.1 Å². The van der Waals surface area contributed by atoms with Crippen LogP contribution in [0.25, 0.3) is 11.1 Å².